The van der Waals surface area contributed by atoms with Gasteiger partial charge in [0.15, 0.2) is 0 Å². The van der Waals surface area contributed by atoms with Crippen LogP contribution in [0.4, 0.5) is 0 Å². The van der Waals surface area contributed by atoms with E-state index in [1.807, 2.05) is 19.9 Å². The molecule has 4 aromatic heterocycles. The molecule has 122 valence electrons. The molecule has 0 unspecified atom stereocenters. The van der Waals surface area contributed by atoms with Crippen LogP contribution in [-0.4, -0.2) is 32.2 Å². The van der Waals surface area contributed by atoms with Gasteiger partial charge in [-0.1, -0.05) is 5.16 Å². The molecule has 24 heavy (non-hydrogen) atoms. The minimum absolute atomic E-state index is 0.233. The molecule has 0 atom stereocenters. The summed E-state index contributed by atoms with van der Waals surface area (Å²) >= 11 is 0. The number of aryl methyl sites for hydroxylation is 3. The summed E-state index contributed by atoms with van der Waals surface area (Å²) in [6.07, 6.45) is 0. The predicted octanol–water partition coefficient (Wildman–Crippen LogP) is 2.39. The topological polar surface area (TPSA) is 110 Å². The van der Waals surface area contributed by atoms with Gasteiger partial charge in [0.05, 0.1) is 29.4 Å². The van der Waals surface area contributed by atoms with E-state index in [1.54, 1.807) is 6.92 Å². The molecule has 2 N–H and O–H groups in total. The average Bonchev–Trinajstić information content (AvgIpc) is 3.05. The second kappa shape index (κ2) is 4.92. The summed E-state index contributed by atoms with van der Waals surface area (Å²) in [5.74, 6) is 1.62. The summed E-state index contributed by atoms with van der Waals surface area (Å²) < 4.78 is 10.7. The highest BCUT2D eigenvalue weighted by atomic mass is 16.5. The van der Waals surface area contributed by atoms with E-state index in [9.17, 15) is 4.79 Å². The number of fused-ring (bicyclic) bond motifs is 3. The highest BCUT2D eigenvalue weighted by Crippen LogP contribution is 2.36. The number of aromatic nitrogens is 5. The first-order chi connectivity index (χ1) is 11.5. The van der Waals surface area contributed by atoms with Gasteiger partial charge >= 0.3 is 0 Å². The lowest BCUT2D eigenvalue weighted by Crippen LogP contribution is -2.09. The van der Waals surface area contributed by atoms with Crippen molar-refractivity contribution in [3.05, 3.63) is 33.7 Å². The van der Waals surface area contributed by atoms with Crippen LogP contribution in [0.2, 0.25) is 0 Å². The smallest absolute Gasteiger partial charge is 0.262 e. The van der Waals surface area contributed by atoms with Gasteiger partial charge in [0.25, 0.3) is 5.56 Å². The molecule has 0 aliphatic rings. The highest BCUT2D eigenvalue weighted by Gasteiger charge is 2.20. The molecule has 0 saturated heterocycles. The largest absolute Gasteiger partial charge is 0.481 e. The fraction of sp³-hybridized carbons (Fsp3) is 0.250. The zero-order valence-electron chi connectivity index (χ0n) is 13.6. The fourth-order valence-corrected chi connectivity index (χ4v) is 3.01. The van der Waals surface area contributed by atoms with Gasteiger partial charge in [-0.2, -0.15) is 0 Å². The number of ether oxygens (including phenoxy) is 1. The van der Waals surface area contributed by atoms with Crippen molar-refractivity contribution in [2.75, 3.05) is 7.11 Å². The molecule has 0 aliphatic carbocycles. The average molecular weight is 325 g/mol. The number of rotatable bonds is 2. The molecule has 0 aromatic carbocycles. The quantitative estimate of drug-likeness (QED) is 0.585. The summed E-state index contributed by atoms with van der Waals surface area (Å²) in [5, 5.41) is 4.40. The normalized spacial score (nSPS) is 11.5. The Bertz CT molecular complexity index is 1130. The Kier molecular flexibility index (Phi) is 2.96. The highest BCUT2D eigenvalue weighted by molar-refractivity contribution is 6.04. The number of pyridine rings is 1. The van der Waals surface area contributed by atoms with Gasteiger partial charge < -0.3 is 19.2 Å². The van der Waals surface area contributed by atoms with Crippen molar-refractivity contribution in [1.29, 1.82) is 0 Å². The maximum atomic E-state index is 12.3. The summed E-state index contributed by atoms with van der Waals surface area (Å²) in [7, 11) is 1.54. The van der Waals surface area contributed by atoms with Crippen LogP contribution in [0, 0.1) is 20.8 Å². The van der Waals surface area contributed by atoms with E-state index in [2.05, 4.69) is 25.1 Å². The van der Waals surface area contributed by atoms with E-state index < -0.39 is 0 Å². The van der Waals surface area contributed by atoms with Crippen molar-refractivity contribution in [1.82, 2.24) is 25.1 Å². The summed E-state index contributed by atoms with van der Waals surface area (Å²) in [6.45, 7) is 5.42. The Labute approximate surface area is 135 Å². The van der Waals surface area contributed by atoms with Crippen LogP contribution in [0.15, 0.2) is 15.4 Å². The van der Waals surface area contributed by atoms with Gasteiger partial charge in [-0.15, -0.1) is 0 Å². The first-order valence-electron chi connectivity index (χ1n) is 7.40. The molecule has 0 saturated carbocycles. The molecular formula is C16H15N5O3. The second-order valence-electron chi connectivity index (χ2n) is 5.64. The Morgan fingerprint density at radius 1 is 1.17 bits per heavy atom. The van der Waals surface area contributed by atoms with Crippen molar-refractivity contribution in [3.63, 3.8) is 0 Å². The number of nitrogens with zero attached hydrogens (tertiary/aromatic N) is 3. The van der Waals surface area contributed by atoms with Crippen molar-refractivity contribution in [2.24, 2.45) is 0 Å². The predicted molar refractivity (Wildman–Crippen MR) is 88.3 cm³/mol. The third kappa shape index (κ3) is 1.92. The van der Waals surface area contributed by atoms with Crippen LogP contribution < -0.4 is 10.3 Å². The number of H-pyrrole nitrogens is 2. The first-order valence-corrected chi connectivity index (χ1v) is 7.40. The minimum Gasteiger partial charge on any atom is -0.481 e. The third-order valence-electron chi connectivity index (χ3n) is 4.01. The summed E-state index contributed by atoms with van der Waals surface area (Å²) in [4.78, 5) is 27.0. The lowest BCUT2D eigenvalue weighted by molar-refractivity contribution is 0.392. The zero-order chi connectivity index (χ0) is 17.0. The van der Waals surface area contributed by atoms with Crippen molar-refractivity contribution >= 4 is 22.1 Å². The zero-order valence-corrected chi connectivity index (χ0v) is 13.6. The maximum Gasteiger partial charge on any atom is 0.262 e. The van der Waals surface area contributed by atoms with Gasteiger partial charge in [0, 0.05) is 0 Å². The van der Waals surface area contributed by atoms with Gasteiger partial charge in [-0.25, -0.2) is 9.97 Å². The van der Waals surface area contributed by atoms with E-state index in [0.29, 0.717) is 39.5 Å². The molecule has 0 spiro atoms. The molecule has 4 heterocycles. The Hall–Kier alpha value is -3.16. The monoisotopic (exact) mass is 325 g/mol. The molecule has 0 radical (unpaired) electrons. The minimum atomic E-state index is -0.233. The van der Waals surface area contributed by atoms with E-state index >= 15 is 0 Å². The number of hydrogen-bond donors (Lipinski definition) is 2. The third-order valence-corrected chi connectivity index (χ3v) is 4.01. The lowest BCUT2D eigenvalue weighted by atomic mass is 10.0. The summed E-state index contributed by atoms with van der Waals surface area (Å²) in [5.41, 5.74) is 3.81. The number of aromatic amines is 2. The number of methoxy groups -OCH3 is 1. The van der Waals surface area contributed by atoms with Crippen molar-refractivity contribution in [2.45, 2.75) is 20.8 Å². The van der Waals surface area contributed by atoms with E-state index in [0.717, 1.165) is 16.8 Å². The molecule has 8 heteroatoms. The van der Waals surface area contributed by atoms with Crippen LogP contribution in [0.5, 0.6) is 5.88 Å². The summed E-state index contributed by atoms with van der Waals surface area (Å²) in [6, 6.07) is 1.88. The van der Waals surface area contributed by atoms with E-state index in [1.165, 1.54) is 7.11 Å². The Morgan fingerprint density at radius 2 is 1.96 bits per heavy atom. The van der Waals surface area contributed by atoms with Crippen molar-refractivity contribution < 1.29 is 9.26 Å². The van der Waals surface area contributed by atoms with Crippen LogP contribution in [0.1, 0.15) is 17.3 Å². The molecule has 4 rings (SSSR count). The fourth-order valence-electron chi connectivity index (χ4n) is 3.01. The molecule has 0 amide bonds. The van der Waals surface area contributed by atoms with Crippen LogP contribution in [0.3, 0.4) is 0 Å². The number of nitrogens with one attached hydrogen (secondary N) is 2. The molecule has 0 bridgehead atoms. The number of hydrogen-bond acceptors (Lipinski definition) is 6. The molecule has 8 nitrogen and oxygen atoms in total. The molecule has 4 aromatic rings. The SMILES string of the molecule is COc1nc2c(cc1-c1c(C)noc1C)[nH]c1nc(C)[nH]c(=O)c12. The van der Waals surface area contributed by atoms with Crippen LogP contribution >= 0.6 is 0 Å². The second-order valence-corrected chi connectivity index (χ2v) is 5.64. The van der Waals surface area contributed by atoms with E-state index in [4.69, 9.17) is 9.26 Å². The molecular weight excluding hydrogens is 310 g/mol. The molecule has 0 fully saturated rings. The Morgan fingerprint density at radius 3 is 2.62 bits per heavy atom. The van der Waals surface area contributed by atoms with Gasteiger partial charge in [-0.3, -0.25) is 4.79 Å². The Balaban J connectivity index is 2.12. The van der Waals surface area contributed by atoms with Crippen LogP contribution in [0.25, 0.3) is 33.2 Å². The first kappa shape index (κ1) is 14.4. The standard InChI is InChI=1S/C16H15N5O3/c1-6-11(7(2)24-21-6)9-5-10-13(20-16(9)23-4)12-14(19-10)17-8(3)18-15(12)22/h5H,1-4H3,(H2,17,18,19,22). The van der Waals surface area contributed by atoms with Crippen molar-refractivity contribution in [3.8, 4) is 17.0 Å². The lowest BCUT2D eigenvalue weighted by Gasteiger charge is -2.07. The molecule has 0 aliphatic heterocycles. The van der Waals surface area contributed by atoms with Gasteiger partial charge in [0.1, 0.15) is 28.1 Å². The van der Waals surface area contributed by atoms with Gasteiger partial charge in [0.2, 0.25) is 5.88 Å². The maximum absolute atomic E-state index is 12.3. The van der Waals surface area contributed by atoms with Crippen LogP contribution in [-0.2, 0) is 0 Å². The van der Waals surface area contributed by atoms with Gasteiger partial charge in [-0.05, 0) is 26.8 Å². The van der Waals surface area contributed by atoms with E-state index in [-0.39, 0.29) is 5.56 Å².